The maximum atomic E-state index is 13.2. The minimum absolute atomic E-state index is 0.0550. The van der Waals surface area contributed by atoms with Crippen LogP contribution >= 0.6 is 11.3 Å². The SMILES string of the molecule is CC1CC(C)(C)N2CCC(C)(C)c3c2c1cc1cc(-c2nc4ccccc4s2)c(=O)oc31. The van der Waals surface area contributed by atoms with Crippen LogP contribution < -0.4 is 10.5 Å². The smallest absolute Gasteiger partial charge is 0.346 e. The third kappa shape index (κ3) is 2.73. The molecule has 0 spiro atoms. The van der Waals surface area contributed by atoms with Gasteiger partial charge in [0, 0.05) is 28.7 Å². The molecule has 0 saturated heterocycles. The first-order valence-corrected chi connectivity index (χ1v) is 12.3. The number of thiazole rings is 1. The summed E-state index contributed by atoms with van der Waals surface area (Å²) in [6, 6.07) is 12.3. The van der Waals surface area contributed by atoms with Gasteiger partial charge in [-0.1, -0.05) is 32.9 Å². The van der Waals surface area contributed by atoms with E-state index in [-0.39, 0.29) is 16.6 Å². The Morgan fingerprint density at radius 3 is 2.72 bits per heavy atom. The van der Waals surface area contributed by atoms with E-state index in [1.54, 1.807) is 11.3 Å². The van der Waals surface area contributed by atoms with E-state index < -0.39 is 0 Å². The zero-order valence-corrected chi connectivity index (χ0v) is 20.1. The molecular weight excluding hydrogens is 416 g/mol. The second kappa shape index (κ2) is 6.44. The molecule has 0 aliphatic carbocycles. The molecule has 2 aliphatic heterocycles. The Bertz CT molecular complexity index is 1430. The van der Waals surface area contributed by atoms with Crippen molar-refractivity contribution in [2.75, 3.05) is 11.4 Å². The van der Waals surface area contributed by atoms with Crippen molar-refractivity contribution in [3.05, 3.63) is 57.9 Å². The van der Waals surface area contributed by atoms with Crippen molar-refractivity contribution in [3.63, 3.8) is 0 Å². The number of hydrogen-bond acceptors (Lipinski definition) is 5. The van der Waals surface area contributed by atoms with Gasteiger partial charge in [-0.3, -0.25) is 0 Å². The fourth-order valence-corrected chi connectivity index (χ4v) is 6.88. The van der Waals surface area contributed by atoms with E-state index in [2.05, 4.69) is 45.6 Å². The fourth-order valence-electron chi connectivity index (χ4n) is 5.91. The molecule has 4 aromatic rings. The van der Waals surface area contributed by atoms with Gasteiger partial charge in [0.05, 0.1) is 15.8 Å². The molecule has 2 aromatic carbocycles. The van der Waals surface area contributed by atoms with Gasteiger partial charge in [-0.2, -0.15) is 0 Å². The van der Waals surface area contributed by atoms with Crippen LogP contribution in [0.1, 0.15) is 64.5 Å². The molecule has 6 rings (SSSR count). The van der Waals surface area contributed by atoms with E-state index >= 15 is 0 Å². The molecule has 2 aliphatic rings. The summed E-state index contributed by atoms with van der Waals surface area (Å²) in [6.45, 7) is 12.6. The first-order chi connectivity index (χ1) is 15.2. The number of aromatic nitrogens is 1. The highest BCUT2D eigenvalue weighted by molar-refractivity contribution is 7.21. The van der Waals surface area contributed by atoms with Crippen molar-refractivity contribution in [3.8, 4) is 10.6 Å². The van der Waals surface area contributed by atoms with Crippen LogP contribution in [0.15, 0.2) is 45.6 Å². The van der Waals surface area contributed by atoms with Crippen LogP contribution in [-0.2, 0) is 5.41 Å². The van der Waals surface area contributed by atoms with E-state index in [1.807, 2.05) is 30.3 Å². The van der Waals surface area contributed by atoms with Gasteiger partial charge in [0.1, 0.15) is 10.6 Å². The molecule has 0 bridgehead atoms. The summed E-state index contributed by atoms with van der Waals surface area (Å²) in [4.78, 5) is 20.5. The summed E-state index contributed by atoms with van der Waals surface area (Å²) in [5.41, 5.74) is 5.83. The second-order valence-corrected chi connectivity index (χ2v) is 11.8. The molecule has 4 heterocycles. The van der Waals surface area contributed by atoms with E-state index in [0.717, 1.165) is 45.6 Å². The van der Waals surface area contributed by atoms with Crippen LogP contribution in [0.25, 0.3) is 31.8 Å². The lowest BCUT2D eigenvalue weighted by Crippen LogP contribution is -2.53. The predicted molar refractivity (Wildman–Crippen MR) is 133 cm³/mol. The standard InChI is InChI=1S/C27H28N2O2S/c1-15-14-27(4,5)29-11-10-26(2,3)21-22(29)17(15)12-16-13-18(25(30)31-23(16)21)24-28-19-8-6-7-9-20(19)32-24/h6-9,12-13,15H,10-11,14H2,1-5H3. The number of anilines is 1. The zero-order valence-electron chi connectivity index (χ0n) is 19.3. The highest BCUT2D eigenvalue weighted by atomic mass is 32.1. The molecule has 2 aromatic heterocycles. The van der Waals surface area contributed by atoms with Crippen LogP contribution in [-0.4, -0.2) is 17.1 Å². The lowest BCUT2D eigenvalue weighted by molar-refractivity contribution is 0.334. The van der Waals surface area contributed by atoms with Gasteiger partial charge in [-0.15, -0.1) is 11.3 Å². The number of para-hydroxylation sites is 1. The quantitative estimate of drug-likeness (QED) is 0.301. The van der Waals surface area contributed by atoms with Gasteiger partial charge in [-0.05, 0) is 67.9 Å². The van der Waals surface area contributed by atoms with E-state index in [0.29, 0.717) is 11.5 Å². The Balaban J connectivity index is 1.66. The Morgan fingerprint density at radius 2 is 1.94 bits per heavy atom. The number of benzene rings is 2. The summed E-state index contributed by atoms with van der Waals surface area (Å²) in [7, 11) is 0. The minimum Gasteiger partial charge on any atom is -0.422 e. The molecule has 1 atom stereocenters. The summed E-state index contributed by atoms with van der Waals surface area (Å²) < 4.78 is 7.22. The second-order valence-electron chi connectivity index (χ2n) is 10.7. The molecule has 32 heavy (non-hydrogen) atoms. The first kappa shape index (κ1) is 20.0. The van der Waals surface area contributed by atoms with E-state index in [1.165, 1.54) is 16.8 Å². The van der Waals surface area contributed by atoms with Gasteiger partial charge in [0.15, 0.2) is 0 Å². The van der Waals surface area contributed by atoms with Crippen LogP contribution in [0, 0.1) is 0 Å². The number of hydrogen-bond donors (Lipinski definition) is 0. The van der Waals surface area contributed by atoms with Crippen LogP contribution in [0.2, 0.25) is 0 Å². The van der Waals surface area contributed by atoms with Crippen molar-refractivity contribution in [1.29, 1.82) is 0 Å². The van der Waals surface area contributed by atoms with Gasteiger partial charge in [0.2, 0.25) is 0 Å². The highest BCUT2D eigenvalue weighted by Gasteiger charge is 2.45. The first-order valence-electron chi connectivity index (χ1n) is 11.4. The Kier molecular flexibility index (Phi) is 4.02. The Hall–Kier alpha value is -2.66. The lowest BCUT2D eigenvalue weighted by Gasteiger charge is -2.53. The average Bonchev–Trinajstić information content (AvgIpc) is 3.15. The molecule has 0 saturated carbocycles. The van der Waals surface area contributed by atoms with Gasteiger partial charge >= 0.3 is 5.63 Å². The molecule has 0 amide bonds. The predicted octanol–water partition coefficient (Wildman–Crippen LogP) is 6.84. The van der Waals surface area contributed by atoms with Gasteiger partial charge < -0.3 is 9.32 Å². The van der Waals surface area contributed by atoms with Crippen molar-refractivity contribution in [1.82, 2.24) is 4.98 Å². The molecule has 164 valence electrons. The van der Waals surface area contributed by atoms with Gasteiger partial charge in [-0.25, -0.2) is 9.78 Å². The molecule has 4 nitrogen and oxygen atoms in total. The monoisotopic (exact) mass is 444 g/mol. The van der Waals surface area contributed by atoms with Crippen molar-refractivity contribution >= 4 is 38.2 Å². The lowest BCUT2D eigenvalue weighted by atomic mass is 9.69. The molecule has 0 radical (unpaired) electrons. The fraction of sp³-hybridized carbons (Fsp3) is 0.407. The largest absolute Gasteiger partial charge is 0.422 e. The van der Waals surface area contributed by atoms with Crippen molar-refractivity contribution in [2.45, 2.75) is 64.3 Å². The number of nitrogens with zero attached hydrogens (tertiary/aromatic N) is 2. The maximum absolute atomic E-state index is 13.2. The molecule has 1 unspecified atom stereocenters. The number of rotatable bonds is 1. The summed E-state index contributed by atoms with van der Waals surface area (Å²) in [5, 5.41) is 1.73. The maximum Gasteiger partial charge on any atom is 0.346 e. The van der Waals surface area contributed by atoms with Crippen LogP contribution in [0.5, 0.6) is 0 Å². The summed E-state index contributed by atoms with van der Waals surface area (Å²) in [6.07, 6.45) is 2.16. The molecule has 0 fully saturated rings. The third-order valence-corrected chi connectivity index (χ3v) is 8.59. The minimum atomic E-state index is -0.302. The molecule has 5 heteroatoms. The van der Waals surface area contributed by atoms with Crippen LogP contribution in [0.3, 0.4) is 0 Å². The molecule has 0 N–H and O–H groups in total. The Morgan fingerprint density at radius 1 is 1.16 bits per heavy atom. The van der Waals surface area contributed by atoms with E-state index in [4.69, 9.17) is 9.40 Å². The molecular formula is C27H28N2O2S. The van der Waals surface area contributed by atoms with Crippen molar-refractivity contribution in [2.24, 2.45) is 0 Å². The Labute approximate surface area is 191 Å². The van der Waals surface area contributed by atoms with Crippen LogP contribution in [0.4, 0.5) is 5.69 Å². The third-order valence-electron chi connectivity index (χ3n) is 7.52. The summed E-state index contributed by atoms with van der Waals surface area (Å²) in [5.74, 6) is 0.450. The van der Waals surface area contributed by atoms with Gasteiger partial charge in [0.25, 0.3) is 0 Å². The highest BCUT2D eigenvalue weighted by Crippen LogP contribution is 2.54. The topological polar surface area (TPSA) is 46.3 Å². The number of fused-ring (bicyclic) bond motifs is 3. The average molecular weight is 445 g/mol. The van der Waals surface area contributed by atoms with Crippen molar-refractivity contribution < 1.29 is 4.42 Å². The zero-order chi connectivity index (χ0) is 22.4. The normalized spacial score (nSPS) is 21.2. The summed E-state index contributed by atoms with van der Waals surface area (Å²) >= 11 is 1.54. The van der Waals surface area contributed by atoms with E-state index in [9.17, 15) is 4.79 Å².